The van der Waals surface area contributed by atoms with Gasteiger partial charge in [0.25, 0.3) is 0 Å². The highest BCUT2D eigenvalue weighted by atomic mass is 16.6. The first-order chi connectivity index (χ1) is 13.0. The van der Waals surface area contributed by atoms with Crippen LogP contribution in [0.5, 0.6) is 5.75 Å². The van der Waals surface area contributed by atoms with Crippen molar-refractivity contribution in [1.82, 2.24) is 5.32 Å². The van der Waals surface area contributed by atoms with E-state index in [4.69, 9.17) is 9.47 Å². The van der Waals surface area contributed by atoms with Crippen LogP contribution in [0.15, 0.2) is 36.4 Å². The molecule has 1 N–H and O–H groups in total. The summed E-state index contributed by atoms with van der Waals surface area (Å²) >= 11 is 0. The highest BCUT2D eigenvalue weighted by Gasteiger charge is 2.54. The lowest BCUT2D eigenvalue weighted by atomic mass is 9.55. The summed E-state index contributed by atoms with van der Waals surface area (Å²) in [6.45, 7) is 8.10. The van der Waals surface area contributed by atoms with Crippen molar-refractivity contribution in [2.75, 3.05) is 13.7 Å². The van der Waals surface area contributed by atoms with Gasteiger partial charge < -0.3 is 14.8 Å². The number of benzene rings is 1. The molecule has 0 radical (unpaired) electrons. The van der Waals surface area contributed by atoms with Crippen LogP contribution in [-0.2, 0) is 16.1 Å². The van der Waals surface area contributed by atoms with E-state index in [-0.39, 0.29) is 23.4 Å². The largest absolute Gasteiger partial charge is 0.496 e. The van der Waals surface area contributed by atoms with E-state index in [1.165, 1.54) is 18.4 Å². The Kier molecular flexibility index (Phi) is 5.02. The molecule has 1 aromatic carbocycles. The first-order valence-corrected chi connectivity index (χ1v) is 10.2. The molecule has 4 rings (SSSR count). The van der Waals surface area contributed by atoms with Crippen LogP contribution in [0.1, 0.15) is 44.6 Å². The summed E-state index contributed by atoms with van der Waals surface area (Å²) < 4.78 is 11.3. The molecule has 4 nitrogen and oxygen atoms in total. The lowest BCUT2D eigenvalue weighted by Gasteiger charge is -2.50. The summed E-state index contributed by atoms with van der Waals surface area (Å²) in [6.07, 6.45) is 5.73. The van der Waals surface area contributed by atoms with Crippen LogP contribution in [0.25, 0.3) is 0 Å². The molecule has 1 saturated heterocycles. The Bertz CT molecular complexity index is 730. The van der Waals surface area contributed by atoms with E-state index < -0.39 is 0 Å². The van der Waals surface area contributed by atoms with Crippen molar-refractivity contribution >= 4 is 5.97 Å². The number of fused-ring (bicyclic) bond motifs is 2. The molecule has 3 fully saturated rings. The zero-order chi connectivity index (χ0) is 19.0. The fourth-order valence-corrected chi connectivity index (χ4v) is 5.70. The van der Waals surface area contributed by atoms with Crippen LogP contribution in [-0.4, -0.2) is 25.7 Å². The van der Waals surface area contributed by atoms with E-state index >= 15 is 0 Å². The van der Waals surface area contributed by atoms with E-state index in [0.29, 0.717) is 24.9 Å². The number of carbonyl (C=O) groups is 1. The molecule has 4 heteroatoms. The number of allylic oxidation sites excluding steroid dienone is 1. The molecular formula is C23H31NO3. The Hall–Kier alpha value is -1.81. The van der Waals surface area contributed by atoms with Gasteiger partial charge in [0.15, 0.2) is 0 Å². The fraction of sp³-hybridized carbons (Fsp3) is 0.609. The van der Waals surface area contributed by atoms with Gasteiger partial charge in [0, 0.05) is 24.6 Å². The van der Waals surface area contributed by atoms with E-state index in [0.717, 1.165) is 30.6 Å². The summed E-state index contributed by atoms with van der Waals surface area (Å²) in [4.78, 5) is 12.6. The Balaban J connectivity index is 1.42. The van der Waals surface area contributed by atoms with E-state index in [1.807, 2.05) is 18.2 Å². The van der Waals surface area contributed by atoms with Crippen molar-refractivity contribution in [3.05, 3.63) is 42.0 Å². The van der Waals surface area contributed by atoms with E-state index in [1.54, 1.807) is 7.11 Å². The molecule has 146 valence electrons. The molecule has 2 aliphatic carbocycles. The number of hydrogen-bond acceptors (Lipinski definition) is 4. The molecule has 1 aromatic rings. The number of ether oxygens (including phenoxy) is 2. The van der Waals surface area contributed by atoms with Gasteiger partial charge in [0.2, 0.25) is 0 Å². The summed E-state index contributed by atoms with van der Waals surface area (Å²) in [5.41, 5.74) is 2.76. The van der Waals surface area contributed by atoms with Gasteiger partial charge in [-0.15, -0.1) is 0 Å². The van der Waals surface area contributed by atoms with Crippen molar-refractivity contribution in [1.29, 1.82) is 0 Å². The predicted octanol–water partition coefficient (Wildman–Crippen LogP) is 4.10. The number of nitrogens with one attached hydrogen (secondary N) is 1. The maximum Gasteiger partial charge on any atom is 0.310 e. The molecule has 0 aromatic heterocycles. The zero-order valence-corrected chi connectivity index (χ0v) is 16.5. The average molecular weight is 370 g/mol. The molecule has 3 aliphatic rings. The predicted molar refractivity (Wildman–Crippen MR) is 105 cm³/mol. The maximum atomic E-state index is 12.6. The molecule has 0 spiro atoms. The third-order valence-electron chi connectivity index (χ3n) is 7.19. The molecule has 5 atom stereocenters. The molecule has 0 unspecified atom stereocenters. The maximum absolute atomic E-state index is 12.6. The van der Waals surface area contributed by atoms with Crippen molar-refractivity contribution in [2.45, 2.75) is 51.7 Å². The SMILES string of the molecule is C=C1CCC[C@@]2(C)C[C@H]3OC(=O)[C@@H](CNCc4ccccc4OC)[C@@H]3C[C@@H]12. The van der Waals surface area contributed by atoms with Crippen molar-refractivity contribution < 1.29 is 14.3 Å². The van der Waals surface area contributed by atoms with E-state index in [2.05, 4.69) is 24.9 Å². The minimum absolute atomic E-state index is 0.0228. The zero-order valence-electron chi connectivity index (χ0n) is 16.5. The smallest absolute Gasteiger partial charge is 0.310 e. The summed E-state index contributed by atoms with van der Waals surface area (Å²) in [5.74, 6) is 1.66. The van der Waals surface area contributed by atoms with Crippen LogP contribution in [0, 0.1) is 23.2 Å². The summed E-state index contributed by atoms with van der Waals surface area (Å²) in [7, 11) is 1.69. The van der Waals surface area contributed by atoms with E-state index in [9.17, 15) is 4.79 Å². The van der Waals surface area contributed by atoms with Crippen LogP contribution >= 0.6 is 0 Å². The highest BCUT2D eigenvalue weighted by Crippen LogP contribution is 2.56. The molecule has 1 heterocycles. The lowest BCUT2D eigenvalue weighted by molar-refractivity contribution is -0.146. The Labute approximate surface area is 162 Å². The van der Waals surface area contributed by atoms with Crippen molar-refractivity contribution in [3.63, 3.8) is 0 Å². The van der Waals surface area contributed by atoms with Gasteiger partial charge in [-0.05, 0) is 49.5 Å². The van der Waals surface area contributed by atoms with Gasteiger partial charge in [0.1, 0.15) is 11.9 Å². The normalized spacial score (nSPS) is 35.3. The molecule has 0 bridgehead atoms. The van der Waals surface area contributed by atoms with Gasteiger partial charge in [0.05, 0.1) is 13.0 Å². The Morgan fingerprint density at radius 3 is 3.00 bits per heavy atom. The number of methoxy groups -OCH3 is 1. The minimum Gasteiger partial charge on any atom is -0.496 e. The summed E-state index contributed by atoms with van der Waals surface area (Å²) in [5, 5.41) is 3.47. The first kappa shape index (κ1) is 18.5. The number of rotatable bonds is 5. The molecule has 0 amide bonds. The number of carbonyl (C=O) groups excluding carboxylic acids is 1. The highest BCUT2D eigenvalue weighted by molar-refractivity contribution is 5.75. The molecule has 2 saturated carbocycles. The second-order valence-electron chi connectivity index (χ2n) is 8.85. The molecule has 1 aliphatic heterocycles. The van der Waals surface area contributed by atoms with Crippen LogP contribution in [0.2, 0.25) is 0 Å². The van der Waals surface area contributed by atoms with Gasteiger partial charge in [-0.2, -0.15) is 0 Å². The van der Waals surface area contributed by atoms with Crippen LogP contribution in [0.3, 0.4) is 0 Å². The molecular weight excluding hydrogens is 338 g/mol. The second-order valence-corrected chi connectivity index (χ2v) is 8.85. The van der Waals surface area contributed by atoms with Gasteiger partial charge in [-0.1, -0.05) is 37.3 Å². The third kappa shape index (κ3) is 3.40. The van der Waals surface area contributed by atoms with Gasteiger partial charge in [-0.25, -0.2) is 0 Å². The van der Waals surface area contributed by atoms with Crippen LogP contribution in [0.4, 0.5) is 0 Å². The number of para-hydroxylation sites is 1. The topological polar surface area (TPSA) is 47.6 Å². The quantitative estimate of drug-likeness (QED) is 0.627. The monoisotopic (exact) mass is 369 g/mol. The fourth-order valence-electron chi connectivity index (χ4n) is 5.70. The second kappa shape index (κ2) is 7.31. The average Bonchev–Trinajstić information content (AvgIpc) is 2.94. The first-order valence-electron chi connectivity index (χ1n) is 10.2. The lowest BCUT2D eigenvalue weighted by Crippen LogP contribution is -2.45. The number of hydrogen-bond donors (Lipinski definition) is 1. The standard InChI is InChI=1S/C23H31NO3/c1-15-7-6-10-23(2)12-21-17(11-19(15)23)18(22(25)27-21)14-24-13-16-8-4-5-9-20(16)26-3/h4-5,8-9,17-19,21,24H,1,6-7,10-14H2,2-3H3/t17-,18-,19-,21+,23-/m0/s1. The van der Waals surface area contributed by atoms with Crippen molar-refractivity contribution in [3.8, 4) is 5.75 Å². The van der Waals surface area contributed by atoms with Crippen LogP contribution < -0.4 is 10.1 Å². The van der Waals surface area contributed by atoms with Crippen molar-refractivity contribution in [2.24, 2.45) is 23.2 Å². The Morgan fingerprint density at radius 2 is 2.19 bits per heavy atom. The summed E-state index contributed by atoms with van der Waals surface area (Å²) in [6, 6.07) is 8.00. The number of esters is 1. The minimum atomic E-state index is -0.0519. The Morgan fingerprint density at radius 1 is 1.37 bits per heavy atom. The van der Waals surface area contributed by atoms with Gasteiger partial charge >= 0.3 is 5.97 Å². The van der Waals surface area contributed by atoms with Gasteiger partial charge in [-0.3, -0.25) is 4.79 Å². The third-order valence-corrected chi connectivity index (χ3v) is 7.19. The molecule has 27 heavy (non-hydrogen) atoms.